The van der Waals surface area contributed by atoms with Crippen molar-refractivity contribution in [2.24, 2.45) is 0 Å². The van der Waals surface area contributed by atoms with Crippen LogP contribution in [-0.2, 0) is 13.1 Å². The smallest absolute Gasteiger partial charge is 0.283 e. The zero-order chi connectivity index (χ0) is 18.1. The van der Waals surface area contributed by atoms with E-state index < -0.39 is 0 Å². The molecule has 26 heavy (non-hydrogen) atoms. The summed E-state index contributed by atoms with van der Waals surface area (Å²) in [4.78, 5) is 17.0. The van der Waals surface area contributed by atoms with E-state index in [1.165, 1.54) is 27.7 Å². The minimum Gasteiger partial charge on any atom is -0.293 e. The first-order chi connectivity index (χ1) is 12.6. The highest BCUT2D eigenvalue weighted by Gasteiger charge is 2.12. The van der Waals surface area contributed by atoms with Crippen molar-refractivity contribution in [2.45, 2.75) is 13.1 Å². The van der Waals surface area contributed by atoms with Crippen molar-refractivity contribution in [3.8, 4) is 0 Å². The van der Waals surface area contributed by atoms with Gasteiger partial charge >= 0.3 is 0 Å². The van der Waals surface area contributed by atoms with E-state index in [9.17, 15) is 9.18 Å². The zero-order valence-electron chi connectivity index (χ0n) is 13.5. The molecule has 0 unspecified atom stereocenters. The average Bonchev–Trinajstić information content (AvgIpc) is 3.05. The van der Waals surface area contributed by atoms with Gasteiger partial charge in [-0.25, -0.2) is 14.1 Å². The van der Waals surface area contributed by atoms with Crippen LogP contribution in [0, 0.1) is 5.82 Å². The fraction of sp³-hybridized carbons (Fsp3) is 0.111. The van der Waals surface area contributed by atoms with Crippen LogP contribution in [0.5, 0.6) is 0 Å². The number of nitrogens with zero attached hydrogens (tertiary/aromatic N) is 5. The van der Waals surface area contributed by atoms with Crippen molar-refractivity contribution in [1.29, 1.82) is 0 Å². The maximum atomic E-state index is 13.0. The molecule has 0 aliphatic carbocycles. The van der Waals surface area contributed by atoms with Gasteiger partial charge in [-0.1, -0.05) is 45.4 Å². The summed E-state index contributed by atoms with van der Waals surface area (Å²) >= 11 is 3.39. The number of halogens is 2. The molecule has 0 N–H and O–H groups in total. The predicted octanol–water partition coefficient (Wildman–Crippen LogP) is 2.99. The van der Waals surface area contributed by atoms with Crippen molar-refractivity contribution < 1.29 is 4.39 Å². The van der Waals surface area contributed by atoms with Gasteiger partial charge in [-0.15, -0.1) is 5.10 Å². The Hall–Kier alpha value is -2.87. The Labute approximate surface area is 156 Å². The van der Waals surface area contributed by atoms with Crippen molar-refractivity contribution in [1.82, 2.24) is 24.5 Å². The molecule has 0 fully saturated rings. The predicted molar refractivity (Wildman–Crippen MR) is 98.3 cm³/mol. The van der Waals surface area contributed by atoms with Crippen molar-refractivity contribution in [3.05, 3.63) is 86.6 Å². The van der Waals surface area contributed by atoms with Crippen LogP contribution < -0.4 is 5.56 Å². The Balaban J connectivity index is 1.65. The molecule has 4 aromatic rings. The molecule has 8 heteroatoms. The molecule has 0 bridgehead atoms. The number of benzene rings is 2. The number of fused-ring (bicyclic) bond motifs is 1. The first-order valence-corrected chi connectivity index (χ1v) is 8.67. The number of rotatable bonds is 4. The van der Waals surface area contributed by atoms with Crippen LogP contribution in [-0.4, -0.2) is 24.5 Å². The highest BCUT2D eigenvalue weighted by molar-refractivity contribution is 9.10. The fourth-order valence-electron chi connectivity index (χ4n) is 2.66. The molecule has 0 aliphatic rings. The van der Waals surface area contributed by atoms with E-state index in [1.54, 1.807) is 12.1 Å². The third-order valence-corrected chi connectivity index (χ3v) is 4.53. The van der Waals surface area contributed by atoms with Crippen molar-refractivity contribution in [2.75, 3.05) is 0 Å². The number of hydrogen-bond acceptors (Lipinski definition) is 4. The SMILES string of the molecule is O=c1c2nnn(Cc3ccc(F)cc3)c2ncn1Cc1ccc(Br)cc1. The Bertz CT molecular complexity index is 1120. The monoisotopic (exact) mass is 413 g/mol. The van der Waals surface area contributed by atoms with Gasteiger partial charge in [0.15, 0.2) is 11.2 Å². The molecule has 0 aliphatic heterocycles. The van der Waals surface area contributed by atoms with E-state index in [0.717, 1.165) is 15.6 Å². The summed E-state index contributed by atoms with van der Waals surface area (Å²) in [5.41, 5.74) is 2.20. The zero-order valence-corrected chi connectivity index (χ0v) is 15.1. The normalized spacial score (nSPS) is 11.2. The van der Waals surface area contributed by atoms with E-state index >= 15 is 0 Å². The lowest BCUT2D eigenvalue weighted by Crippen LogP contribution is -2.21. The minimum absolute atomic E-state index is 0.215. The Morgan fingerprint density at radius 1 is 0.962 bits per heavy atom. The van der Waals surface area contributed by atoms with Gasteiger partial charge in [0.05, 0.1) is 13.1 Å². The molecule has 0 spiro atoms. The largest absolute Gasteiger partial charge is 0.293 e. The lowest BCUT2D eigenvalue weighted by atomic mass is 10.2. The second-order valence-electron chi connectivity index (χ2n) is 5.85. The van der Waals surface area contributed by atoms with E-state index in [4.69, 9.17) is 0 Å². The summed E-state index contributed by atoms with van der Waals surface area (Å²) in [6.45, 7) is 0.764. The van der Waals surface area contributed by atoms with Crippen LogP contribution in [0.15, 0.2) is 64.1 Å². The highest BCUT2D eigenvalue weighted by atomic mass is 79.9. The topological polar surface area (TPSA) is 65.6 Å². The van der Waals surface area contributed by atoms with Gasteiger partial charge in [0, 0.05) is 4.47 Å². The summed E-state index contributed by atoms with van der Waals surface area (Å²) in [5.74, 6) is -0.300. The summed E-state index contributed by atoms with van der Waals surface area (Å²) < 4.78 is 17.0. The molecule has 2 aromatic carbocycles. The van der Waals surface area contributed by atoms with Gasteiger partial charge in [0.2, 0.25) is 0 Å². The molecule has 4 rings (SSSR count). The summed E-state index contributed by atoms with van der Waals surface area (Å²) in [6, 6.07) is 13.8. The summed E-state index contributed by atoms with van der Waals surface area (Å²) in [5, 5.41) is 8.01. The molecule has 2 aromatic heterocycles. The molecular formula is C18H13BrFN5O. The van der Waals surface area contributed by atoms with Crippen molar-refractivity contribution >= 4 is 27.1 Å². The summed E-state index contributed by atoms with van der Waals surface area (Å²) in [7, 11) is 0. The molecule has 0 saturated carbocycles. The van der Waals surface area contributed by atoms with E-state index in [2.05, 4.69) is 31.2 Å². The number of aromatic nitrogens is 5. The van der Waals surface area contributed by atoms with Crippen LogP contribution in [0.25, 0.3) is 11.2 Å². The van der Waals surface area contributed by atoms with Crippen molar-refractivity contribution in [3.63, 3.8) is 0 Å². The third kappa shape index (κ3) is 3.28. The molecule has 6 nitrogen and oxygen atoms in total. The van der Waals surface area contributed by atoms with Gasteiger partial charge in [0.25, 0.3) is 5.56 Å². The average molecular weight is 414 g/mol. The van der Waals surface area contributed by atoms with Crippen LogP contribution in [0.3, 0.4) is 0 Å². The first-order valence-electron chi connectivity index (χ1n) is 7.88. The number of hydrogen-bond donors (Lipinski definition) is 0. The third-order valence-electron chi connectivity index (χ3n) is 4.00. The maximum Gasteiger partial charge on any atom is 0.283 e. The molecule has 0 atom stereocenters. The van der Waals surface area contributed by atoms with Crippen LogP contribution in [0.2, 0.25) is 0 Å². The Morgan fingerprint density at radius 2 is 1.62 bits per heavy atom. The van der Waals surface area contributed by atoms with Gasteiger partial charge in [-0.05, 0) is 35.4 Å². The van der Waals surface area contributed by atoms with Gasteiger partial charge in [0.1, 0.15) is 12.1 Å². The van der Waals surface area contributed by atoms with Gasteiger partial charge in [-0.3, -0.25) is 9.36 Å². The molecule has 0 amide bonds. The quantitative estimate of drug-likeness (QED) is 0.515. The molecule has 2 heterocycles. The molecule has 130 valence electrons. The standard InChI is InChI=1S/C18H13BrFN5O/c19-14-5-1-12(2-6-14)9-24-11-21-17-16(18(24)26)22-23-25(17)10-13-3-7-15(20)8-4-13/h1-8,11H,9-10H2. The highest BCUT2D eigenvalue weighted by Crippen LogP contribution is 2.12. The van der Waals surface area contributed by atoms with Gasteiger partial charge < -0.3 is 0 Å². The fourth-order valence-corrected chi connectivity index (χ4v) is 2.92. The summed E-state index contributed by atoms with van der Waals surface area (Å²) in [6.07, 6.45) is 1.50. The Morgan fingerprint density at radius 3 is 2.35 bits per heavy atom. The van der Waals surface area contributed by atoms with Crippen LogP contribution >= 0.6 is 15.9 Å². The van der Waals surface area contributed by atoms with Crippen LogP contribution in [0.4, 0.5) is 4.39 Å². The second kappa shape index (κ2) is 6.80. The van der Waals surface area contributed by atoms with Gasteiger partial charge in [-0.2, -0.15) is 0 Å². The molecule has 0 saturated heterocycles. The van der Waals surface area contributed by atoms with E-state index in [1.807, 2.05) is 24.3 Å². The Kier molecular flexibility index (Phi) is 4.34. The second-order valence-corrected chi connectivity index (χ2v) is 6.77. The van der Waals surface area contributed by atoms with E-state index in [-0.39, 0.29) is 16.9 Å². The minimum atomic E-state index is -0.300. The lowest BCUT2D eigenvalue weighted by Gasteiger charge is -2.06. The molecule has 0 radical (unpaired) electrons. The maximum absolute atomic E-state index is 13.0. The first kappa shape index (κ1) is 16.6. The van der Waals surface area contributed by atoms with E-state index in [0.29, 0.717) is 18.7 Å². The molecular weight excluding hydrogens is 401 g/mol. The lowest BCUT2D eigenvalue weighted by molar-refractivity contribution is 0.623. The van der Waals surface area contributed by atoms with Crippen LogP contribution in [0.1, 0.15) is 11.1 Å².